The molecule has 2 rings (SSSR count). The van der Waals surface area contributed by atoms with Crippen LogP contribution in [-0.2, 0) is 14.8 Å². The molecule has 2 N–H and O–H groups in total. The van der Waals surface area contributed by atoms with Crippen molar-refractivity contribution >= 4 is 44.9 Å². The number of ether oxygens (including phenoxy) is 1. The number of phenols is 1. The minimum Gasteiger partial charge on any atom is -0.507 e. The molecule has 0 amide bonds. The maximum Gasteiger partial charge on any atom is 0.341 e. The number of sulfonamides is 1. The monoisotopic (exact) mass is 375 g/mol. The Morgan fingerprint density at radius 2 is 1.87 bits per heavy atom. The number of methoxy groups -OCH3 is 1. The third-order valence-corrected chi connectivity index (χ3v) is 4.94. The fourth-order valence-corrected chi connectivity index (χ4v) is 3.58. The molecule has 0 aromatic heterocycles. The van der Waals surface area contributed by atoms with Gasteiger partial charge < -0.3 is 9.84 Å². The molecule has 0 radical (unpaired) electrons. The summed E-state index contributed by atoms with van der Waals surface area (Å²) in [5.41, 5.74) is -0.0394. The summed E-state index contributed by atoms with van der Waals surface area (Å²) in [5, 5.41) is 9.98. The summed E-state index contributed by atoms with van der Waals surface area (Å²) in [6.45, 7) is 0. The van der Waals surface area contributed by atoms with Crippen molar-refractivity contribution in [2.24, 2.45) is 0 Å². The van der Waals surface area contributed by atoms with Gasteiger partial charge in [-0.1, -0.05) is 23.2 Å². The van der Waals surface area contributed by atoms with Crippen LogP contribution in [0.25, 0.3) is 0 Å². The molecule has 6 nitrogen and oxygen atoms in total. The second kappa shape index (κ2) is 6.66. The zero-order valence-electron chi connectivity index (χ0n) is 11.7. The van der Waals surface area contributed by atoms with Crippen LogP contribution in [-0.4, -0.2) is 26.6 Å². The van der Waals surface area contributed by atoms with Gasteiger partial charge >= 0.3 is 5.97 Å². The molecule has 0 aliphatic carbocycles. The van der Waals surface area contributed by atoms with Crippen molar-refractivity contribution in [1.82, 2.24) is 0 Å². The molecule has 2 aromatic rings. The van der Waals surface area contributed by atoms with Crippen LogP contribution in [0.2, 0.25) is 10.0 Å². The van der Waals surface area contributed by atoms with Gasteiger partial charge in [-0.3, -0.25) is 4.72 Å². The lowest BCUT2D eigenvalue weighted by Gasteiger charge is -2.11. The lowest BCUT2D eigenvalue weighted by atomic mass is 10.2. The molecule has 0 aliphatic rings. The Hall–Kier alpha value is -1.96. The molecule has 0 fully saturated rings. The second-order valence-electron chi connectivity index (χ2n) is 4.40. The summed E-state index contributed by atoms with van der Waals surface area (Å²) in [5.74, 6) is -1.16. The van der Waals surface area contributed by atoms with Crippen molar-refractivity contribution < 1.29 is 23.1 Å². The minimum absolute atomic E-state index is 0.00250. The first-order valence-corrected chi connectivity index (χ1v) is 8.37. The second-order valence-corrected chi connectivity index (χ2v) is 6.90. The van der Waals surface area contributed by atoms with Crippen LogP contribution in [0.15, 0.2) is 41.3 Å². The van der Waals surface area contributed by atoms with Gasteiger partial charge in [0.15, 0.2) is 0 Å². The smallest absolute Gasteiger partial charge is 0.341 e. The maximum atomic E-state index is 12.3. The predicted octanol–water partition coefficient (Wildman–Crippen LogP) is 3.29. The summed E-state index contributed by atoms with van der Waals surface area (Å²) in [7, 11) is -2.85. The molecule has 0 aliphatic heterocycles. The van der Waals surface area contributed by atoms with Crippen LogP contribution < -0.4 is 4.72 Å². The number of anilines is 1. The molecule has 0 heterocycles. The number of halogens is 2. The lowest BCUT2D eigenvalue weighted by molar-refractivity contribution is 0.0597. The highest BCUT2D eigenvalue weighted by Gasteiger charge is 2.20. The molecule has 0 spiro atoms. The Labute approximate surface area is 142 Å². The van der Waals surface area contributed by atoms with Crippen molar-refractivity contribution in [3.63, 3.8) is 0 Å². The van der Waals surface area contributed by atoms with E-state index in [9.17, 15) is 18.3 Å². The Morgan fingerprint density at radius 1 is 1.17 bits per heavy atom. The Morgan fingerprint density at radius 3 is 2.48 bits per heavy atom. The van der Waals surface area contributed by atoms with E-state index in [1.54, 1.807) is 0 Å². The van der Waals surface area contributed by atoms with E-state index >= 15 is 0 Å². The summed E-state index contributed by atoms with van der Waals surface area (Å²) < 4.78 is 31.4. The van der Waals surface area contributed by atoms with Crippen molar-refractivity contribution in [2.45, 2.75) is 4.90 Å². The van der Waals surface area contributed by atoms with E-state index in [-0.39, 0.29) is 26.2 Å². The van der Waals surface area contributed by atoms with Crippen molar-refractivity contribution in [3.05, 3.63) is 52.0 Å². The molecule has 0 bridgehead atoms. The van der Waals surface area contributed by atoms with E-state index in [2.05, 4.69) is 9.46 Å². The maximum absolute atomic E-state index is 12.3. The summed E-state index contributed by atoms with van der Waals surface area (Å²) in [6, 6.07) is 7.65. The largest absolute Gasteiger partial charge is 0.507 e. The number of nitrogens with one attached hydrogen (secondary N) is 1. The fourth-order valence-electron chi connectivity index (χ4n) is 1.77. The van der Waals surface area contributed by atoms with Gasteiger partial charge in [0.25, 0.3) is 10.0 Å². The van der Waals surface area contributed by atoms with Crippen LogP contribution >= 0.6 is 23.2 Å². The van der Waals surface area contributed by atoms with Gasteiger partial charge in [-0.25, -0.2) is 13.2 Å². The van der Waals surface area contributed by atoms with E-state index in [0.717, 1.165) is 6.07 Å². The number of hydrogen-bond donors (Lipinski definition) is 2. The first-order chi connectivity index (χ1) is 10.7. The van der Waals surface area contributed by atoms with Crippen LogP contribution in [0.3, 0.4) is 0 Å². The van der Waals surface area contributed by atoms with Crippen LogP contribution in [0.5, 0.6) is 5.75 Å². The zero-order valence-corrected chi connectivity index (χ0v) is 14.0. The average Bonchev–Trinajstić information content (AvgIpc) is 2.48. The first kappa shape index (κ1) is 17.4. The zero-order chi connectivity index (χ0) is 17.2. The van der Waals surface area contributed by atoms with E-state index < -0.39 is 21.7 Å². The molecule has 9 heteroatoms. The Kier molecular flexibility index (Phi) is 5.03. The molecular formula is C14H11Cl2NO5S. The number of benzene rings is 2. The highest BCUT2D eigenvalue weighted by molar-refractivity contribution is 7.92. The Bertz CT molecular complexity index is 867. The van der Waals surface area contributed by atoms with Crippen LogP contribution in [0, 0.1) is 0 Å². The fraction of sp³-hybridized carbons (Fsp3) is 0.0714. The average molecular weight is 376 g/mol. The van der Waals surface area contributed by atoms with Gasteiger partial charge in [0.2, 0.25) is 0 Å². The number of carbonyl (C=O) groups is 1. The van der Waals surface area contributed by atoms with Crippen molar-refractivity contribution in [1.29, 1.82) is 0 Å². The lowest BCUT2D eigenvalue weighted by Crippen LogP contribution is -2.13. The first-order valence-electron chi connectivity index (χ1n) is 6.14. The molecule has 2 aromatic carbocycles. The molecule has 0 atom stereocenters. The summed E-state index contributed by atoms with van der Waals surface area (Å²) in [6.07, 6.45) is 0. The molecule has 0 saturated heterocycles. The van der Waals surface area contributed by atoms with Gasteiger partial charge in [-0.05, 0) is 30.3 Å². The van der Waals surface area contributed by atoms with Crippen LogP contribution in [0.4, 0.5) is 5.69 Å². The van der Waals surface area contributed by atoms with Gasteiger partial charge in [0.05, 0.1) is 17.8 Å². The highest BCUT2D eigenvalue weighted by atomic mass is 35.5. The number of rotatable bonds is 4. The predicted molar refractivity (Wildman–Crippen MR) is 86.7 cm³/mol. The third-order valence-electron chi connectivity index (χ3n) is 2.84. The number of hydrogen-bond acceptors (Lipinski definition) is 5. The number of aromatic hydroxyl groups is 1. The molecule has 0 saturated carbocycles. The topological polar surface area (TPSA) is 92.7 Å². The number of phenolic OH excluding ortho intramolecular Hbond substituents is 1. The van der Waals surface area contributed by atoms with Crippen molar-refractivity contribution in [3.8, 4) is 5.75 Å². The normalized spacial score (nSPS) is 11.1. The van der Waals surface area contributed by atoms with E-state index in [1.807, 2.05) is 0 Å². The van der Waals surface area contributed by atoms with Gasteiger partial charge in [0.1, 0.15) is 16.2 Å². The molecule has 0 unspecified atom stereocenters. The van der Waals surface area contributed by atoms with E-state index in [1.165, 1.54) is 37.4 Å². The standard InChI is InChI=1S/C14H11Cl2NO5S/c1-22-14(19)10-4-3-9(7-12(10)18)17-23(20,21)13-6-8(15)2-5-11(13)16/h2-7,17-18H,1H3. The third kappa shape index (κ3) is 3.87. The van der Waals surface area contributed by atoms with E-state index in [4.69, 9.17) is 23.2 Å². The van der Waals surface area contributed by atoms with E-state index in [0.29, 0.717) is 0 Å². The molecule has 23 heavy (non-hydrogen) atoms. The molecule has 122 valence electrons. The number of esters is 1. The SMILES string of the molecule is COC(=O)c1ccc(NS(=O)(=O)c2cc(Cl)ccc2Cl)cc1O. The van der Waals surface area contributed by atoms with Gasteiger partial charge in [-0.15, -0.1) is 0 Å². The van der Waals surface area contributed by atoms with Crippen molar-refractivity contribution in [2.75, 3.05) is 11.8 Å². The van der Waals surface area contributed by atoms with Crippen LogP contribution in [0.1, 0.15) is 10.4 Å². The van der Waals surface area contributed by atoms with Gasteiger partial charge in [-0.2, -0.15) is 0 Å². The Balaban J connectivity index is 2.36. The number of carbonyl (C=O) groups excluding carboxylic acids is 1. The summed E-state index contributed by atoms with van der Waals surface area (Å²) in [4.78, 5) is 11.2. The highest BCUT2D eigenvalue weighted by Crippen LogP contribution is 2.28. The minimum atomic E-state index is -4.02. The summed E-state index contributed by atoms with van der Waals surface area (Å²) >= 11 is 11.7. The molecular weight excluding hydrogens is 365 g/mol. The quantitative estimate of drug-likeness (QED) is 0.799. The van der Waals surface area contributed by atoms with Gasteiger partial charge in [0, 0.05) is 11.1 Å².